The van der Waals surface area contributed by atoms with E-state index in [1.54, 1.807) is 13.1 Å². The van der Waals surface area contributed by atoms with Crippen LogP contribution in [0.25, 0.3) is 0 Å². The summed E-state index contributed by atoms with van der Waals surface area (Å²) in [6, 6.07) is 5.25. The van der Waals surface area contributed by atoms with E-state index in [9.17, 15) is 9.18 Å². The SMILES string of the molecule is CCCNC(C)c1ccc(Sc2n[nH]c(=O)n2C)c(F)c1. The van der Waals surface area contributed by atoms with E-state index >= 15 is 0 Å². The number of aromatic amines is 1. The summed E-state index contributed by atoms with van der Waals surface area (Å²) >= 11 is 1.13. The van der Waals surface area contributed by atoms with Gasteiger partial charge in [-0.05, 0) is 49.3 Å². The van der Waals surface area contributed by atoms with Crippen LogP contribution in [0.2, 0.25) is 0 Å². The third-order valence-corrected chi connectivity index (χ3v) is 4.30. The quantitative estimate of drug-likeness (QED) is 0.860. The van der Waals surface area contributed by atoms with Crippen LogP contribution in [0.5, 0.6) is 0 Å². The van der Waals surface area contributed by atoms with Crippen LogP contribution in [0, 0.1) is 5.82 Å². The molecule has 114 valence electrons. The van der Waals surface area contributed by atoms with Crippen LogP contribution >= 0.6 is 11.8 Å². The number of benzene rings is 1. The van der Waals surface area contributed by atoms with E-state index in [2.05, 4.69) is 22.4 Å². The first-order valence-electron chi connectivity index (χ1n) is 6.85. The summed E-state index contributed by atoms with van der Waals surface area (Å²) in [7, 11) is 1.59. The van der Waals surface area contributed by atoms with Crippen molar-refractivity contribution in [1.82, 2.24) is 20.1 Å². The van der Waals surface area contributed by atoms with Crippen molar-refractivity contribution >= 4 is 11.8 Å². The summed E-state index contributed by atoms with van der Waals surface area (Å²) < 4.78 is 15.5. The zero-order valence-electron chi connectivity index (χ0n) is 12.3. The summed E-state index contributed by atoms with van der Waals surface area (Å²) in [5.74, 6) is -0.307. The van der Waals surface area contributed by atoms with Crippen molar-refractivity contribution in [3.63, 3.8) is 0 Å². The Kier molecular flexibility index (Phi) is 5.19. The molecule has 0 aliphatic carbocycles. The fourth-order valence-electron chi connectivity index (χ4n) is 1.87. The first-order chi connectivity index (χ1) is 10.0. The Bertz CT molecular complexity index is 667. The molecule has 2 N–H and O–H groups in total. The maximum absolute atomic E-state index is 14.2. The fourth-order valence-corrected chi connectivity index (χ4v) is 2.67. The van der Waals surface area contributed by atoms with Gasteiger partial charge in [-0.1, -0.05) is 13.0 Å². The third-order valence-electron chi connectivity index (χ3n) is 3.20. The zero-order chi connectivity index (χ0) is 15.4. The third kappa shape index (κ3) is 3.74. The molecule has 2 rings (SSSR count). The van der Waals surface area contributed by atoms with Crippen molar-refractivity contribution in [2.24, 2.45) is 7.05 Å². The molecule has 1 atom stereocenters. The molecule has 0 saturated carbocycles. The Morgan fingerprint density at radius 1 is 1.52 bits per heavy atom. The molecule has 5 nitrogen and oxygen atoms in total. The molecule has 0 saturated heterocycles. The van der Waals surface area contributed by atoms with Crippen molar-refractivity contribution in [3.05, 3.63) is 40.1 Å². The van der Waals surface area contributed by atoms with E-state index in [-0.39, 0.29) is 17.5 Å². The number of halogens is 1. The Labute approximate surface area is 127 Å². The van der Waals surface area contributed by atoms with E-state index in [4.69, 9.17) is 0 Å². The first-order valence-corrected chi connectivity index (χ1v) is 7.66. The van der Waals surface area contributed by atoms with Gasteiger partial charge >= 0.3 is 5.69 Å². The summed E-state index contributed by atoms with van der Waals surface area (Å²) in [5.41, 5.74) is 0.591. The van der Waals surface area contributed by atoms with E-state index in [0.29, 0.717) is 10.1 Å². The summed E-state index contributed by atoms with van der Waals surface area (Å²) in [6.07, 6.45) is 1.04. The molecule has 0 aliphatic rings. The van der Waals surface area contributed by atoms with Gasteiger partial charge < -0.3 is 5.32 Å². The summed E-state index contributed by atoms with van der Waals surface area (Å²) in [4.78, 5) is 11.7. The highest BCUT2D eigenvalue weighted by molar-refractivity contribution is 7.99. The summed E-state index contributed by atoms with van der Waals surface area (Å²) in [5, 5.41) is 9.95. The van der Waals surface area contributed by atoms with Crippen LogP contribution in [0.1, 0.15) is 31.9 Å². The number of H-pyrrole nitrogens is 1. The minimum absolute atomic E-state index is 0.105. The van der Waals surface area contributed by atoms with E-state index in [1.807, 2.05) is 13.0 Å². The topological polar surface area (TPSA) is 62.7 Å². The number of hydrogen-bond acceptors (Lipinski definition) is 4. The van der Waals surface area contributed by atoms with Crippen LogP contribution in [-0.4, -0.2) is 21.3 Å². The van der Waals surface area contributed by atoms with E-state index in [0.717, 1.165) is 30.3 Å². The molecule has 1 heterocycles. The monoisotopic (exact) mass is 310 g/mol. The molecule has 0 aliphatic heterocycles. The standard InChI is InChI=1S/C14H19FN4OS/c1-4-7-16-9(2)10-5-6-12(11(15)8-10)21-14-18-17-13(20)19(14)3/h5-6,8-9,16H,4,7H2,1-3H3,(H,17,20). The second-order valence-corrected chi connectivity index (χ2v) is 5.85. The molecule has 0 radical (unpaired) electrons. The van der Waals surface area contributed by atoms with Crippen LogP contribution < -0.4 is 11.0 Å². The van der Waals surface area contributed by atoms with Gasteiger partial charge in [-0.25, -0.2) is 14.3 Å². The molecule has 2 aromatic rings. The second-order valence-electron chi connectivity index (χ2n) is 4.84. The lowest BCUT2D eigenvalue weighted by molar-refractivity contribution is 0.556. The zero-order valence-corrected chi connectivity index (χ0v) is 13.1. The molecule has 21 heavy (non-hydrogen) atoms. The maximum atomic E-state index is 14.2. The molecule has 0 amide bonds. The van der Waals surface area contributed by atoms with Crippen molar-refractivity contribution in [2.45, 2.75) is 36.4 Å². The lowest BCUT2D eigenvalue weighted by Crippen LogP contribution is -2.19. The lowest BCUT2D eigenvalue weighted by atomic mass is 10.1. The van der Waals surface area contributed by atoms with Crippen LogP contribution in [0.4, 0.5) is 4.39 Å². The average Bonchev–Trinajstić information content (AvgIpc) is 2.78. The Balaban J connectivity index is 2.16. The van der Waals surface area contributed by atoms with Gasteiger partial charge in [-0.2, -0.15) is 0 Å². The molecule has 7 heteroatoms. The molecule has 1 aromatic heterocycles. The number of hydrogen-bond donors (Lipinski definition) is 2. The van der Waals surface area contributed by atoms with Crippen molar-refractivity contribution in [1.29, 1.82) is 0 Å². The van der Waals surface area contributed by atoms with Gasteiger partial charge in [0.1, 0.15) is 5.82 Å². The molecule has 0 bridgehead atoms. The van der Waals surface area contributed by atoms with Gasteiger partial charge in [-0.15, -0.1) is 5.10 Å². The van der Waals surface area contributed by atoms with Crippen LogP contribution in [-0.2, 0) is 7.05 Å². The van der Waals surface area contributed by atoms with Gasteiger partial charge in [-0.3, -0.25) is 4.57 Å². The molecular weight excluding hydrogens is 291 g/mol. The van der Waals surface area contributed by atoms with Gasteiger partial charge in [0.2, 0.25) is 0 Å². The number of nitrogens with zero attached hydrogens (tertiary/aromatic N) is 2. The van der Waals surface area contributed by atoms with Gasteiger partial charge in [0.25, 0.3) is 0 Å². The number of nitrogens with one attached hydrogen (secondary N) is 2. The molecule has 0 spiro atoms. The Morgan fingerprint density at radius 3 is 2.86 bits per heavy atom. The largest absolute Gasteiger partial charge is 0.343 e. The normalized spacial score (nSPS) is 12.6. The predicted octanol–water partition coefficient (Wildman–Crippen LogP) is 2.46. The minimum atomic E-state index is -0.313. The smallest absolute Gasteiger partial charge is 0.310 e. The van der Waals surface area contributed by atoms with E-state index in [1.165, 1.54) is 10.6 Å². The Morgan fingerprint density at radius 2 is 2.29 bits per heavy atom. The van der Waals surface area contributed by atoms with Crippen molar-refractivity contribution in [2.75, 3.05) is 6.54 Å². The number of rotatable bonds is 6. The lowest BCUT2D eigenvalue weighted by Gasteiger charge is -2.14. The number of aromatic nitrogens is 3. The van der Waals surface area contributed by atoms with E-state index < -0.39 is 0 Å². The minimum Gasteiger partial charge on any atom is -0.310 e. The second kappa shape index (κ2) is 6.91. The molecule has 1 unspecified atom stereocenters. The summed E-state index contributed by atoms with van der Waals surface area (Å²) in [6.45, 7) is 5.00. The van der Waals surface area contributed by atoms with Crippen LogP contribution in [0.3, 0.4) is 0 Å². The van der Waals surface area contributed by atoms with Gasteiger partial charge in [0.05, 0.1) is 4.90 Å². The molecule has 1 aromatic carbocycles. The average molecular weight is 310 g/mol. The molecule has 0 fully saturated rings. The predicted molar refractivity (Wildman–Crippen MR) is 81.1 cm³/mol. The first kappa shape index (κ1) is 15.8. The fraction of sp³-hybridized carbons (Fsp3) is 0.429. The highest BCUT2D eigenvalue weighted by atomic mass is 32.2. The molecular formula is C14H19FN4OS. The van der Waals surface area contributed by atoms with Crippen molar-refractivity contribution in [3.8, 4) is 0 Å². The highest BCUT2D eigenvalue weighted by Crippen LogP contribution is 2.29. The van der Waals surface area contributed by atoms with Gasteiger partial charge in [0, 0.05) is 13.1 Å². The van der Waals surface area contributed by atoms with Gasteiger partial charge in [0.15, 0.2) is 5.16 Å². The van der Waals surface area contributed by atoms with Crippen molar-refractivity contribution < 1.29 is 4.39 Å². The van der Waals surface area contributed by atoms with Crippen LogP contribution in [0.15, 0.2) is 33.0 Å². The highest BCUT2D eigenvalue weighted by Gasteiger charge is 2.12. The maximum Gasteiger partial charge on any atom is 0.343 e. The Hall–Kier alpha value is -1.60.